The number of carbonyl (C=O) groups excluding carboxylic acids is 1. The number of para-hydroxylation sites is 1. The molecule has 0 aliphatic heterocycles. The van der Waals surface area contributed by atoms with Crippen LogP contribution in [-0.2, 0) is 0 Å². The van der Waals surface area contributed by atoms with Gasteiger partial charge in [-0.15, -0.1) is 0 Å². The monoisotopic (exact) mass is 240 g/mol. The number of hydrogen-bond acceptors (Lipinski definition) is 4. The second-order valence-electron chi connectivity index (χ2n) is 3.57. The molecular formula is C13H12N4O. The van der Waals surface area contributed by atoms with E-state index >= 15 is 0 Å². The van der Waals surface area contributed by atoms with Crippen molar-refractivity contribution in [3.63, 3.8) is 0 Å². The van der Waals surface area contributed by atoms with Gasteiger partial charge in [-0.3, -0.25) is 9.78 Å². The number of amides is 1. The van der Waals surface area contributed by atoms with Crippen LogP contribution in [0.3, 0.4) is 0 Å². The Morgan fingerprint density at radius 1 is 1.28 bits per heavy atom. The summed E-state index contributed by atoms with van der Waals surface area (Å²) in [7, 11) is 0. The van der Waals surface area contributed by atoms with Crippen LogP contribution in [0.2, 0.25) is 0 Å². The smallest absolute Gasteiger partial charge is 0.273 e. The first-order valence-electron chi connectivity index (χ1n) is 5.35. The van der Waals surface area contributed by atoms with Gasteiger partial charge in [-0.05, 0) is 18.2 Å². The normalized spacial score (nSPS) is 10.4. The van der Waals surface area contributed by atoms with E-state index in [1.54, 1.807) is 42.7 Å². The van der Waals surface area contributed by atoms with Crippen LogP contribution >= 0.6 is 0 Å². The average molecular weight is 240 g/mol. The maximum Gasteiger partial charge on any atom is 0.273 e. The second-order valence-corrected chi connectivity index (χ2v) is 3.57. The van der Waals surface area contributed by atoms with Crippen LogP contribution in [0.1, 0.15) is 15.9 Å². The Hall–Kier alpha value is -2.69. The van der Waals surface area contributed by atoms with E-state index in [2.05, 4.69) is 15.5 Å². The molecule has 1 amide bonds. The molecule has 0 fully saturated rings. The third kappa shape index (κ3) is 2.91. The number of anilines is 1. The zero-order valence-corrected chi connectivity index (χ0v) is 9.58. The Bertz CT molecular complexity index is 566. The Morgan fingerprint density at radius 3 is 2.83 bits per heavy atom. The highest BCUT2D eigenvalue weighted by Crippen LogP contribution is 2.09. The van der Waals surface area contributed by atoms with Gasteiger partial charge in [-0.25, -0.2) is 5.43 Å². The minimum Gasteiger partial charge on any atom is -0.398 e. The number of hydrogen-bond donors (Lipinski definition) is 2. The average Bonchev–Trinajstić information content (AvgIpc) is 2.40. The molecule has 2 rings (SSSR count). The number of carbonyl (C=O) groups is 1. The number of nitrogens with two attached hydrogens (primary N) is 1. The molecule has 90 valence electrons. The van der Waals surface area contributed by atoms with Crippen LogP contribution in [0.4, 0.5) is 5.69 Å². The molecule has 1 heterocycles. The summed E-state index contributed by atoms with van der Waals surface area (Å²) in [6.07, 6.45) is 4.83. The molecular weight excluding hydrogens is 228 g/mol. The molecule has 0 unspecified atom stereocenters. The second kappa shape index (κ2) is 5.58. The van der Waals surface area contributed by atoms with E-state index < -0.39 is 0 Å². The van der Waals surface area contributed by atoms with Gasteiger partial charge < -0.3 is 5.73 Å². The lowest BCUT2D eigenvalue weighted by Crippen LogP contribution is -2.18. The first-order chi connectivity index (χ1) is 8.77. The summed E-state index contributed by atoms with van der Waals surface area (Å²) in [5.41, 5.74) is 9.72. The van der Waals surface area contributed by atoms with Gasteiger partial charge in [0.2, 0.25) is 0 Å². The van der Waals surface area contributed by atoms with E-state index in [1.165, 1.54) is 6.21 Å². The van der Waals surface area contributed by atoms with Crippen molar-refractivity contribution < 1.29 is 4.79 Å². The molecule has 1 aromatic heterocycles. The first-order valence-corrected chi connectivity index (χ1v) is 5.35. The van der Waals surface area contributed by atoms with Crippen LogP contribution < -0.4 is 11.2 Å². The van der Waals surface area contributed by atoms with Crippen LogP contribution in [0.25, 0.3) is 0 Å². The fourth-order valence-electron chi connectivity index (χ4n) is 1.38. The molecule has 0 aliphatic carbocycles. The lowest BCUT2D eigenvalue weighted by atomic mass is 10.2. The third-order valence-corrected chi connectivity index (χ3v) is 2.27. The lowest BCUT2D eigenvalue weighted by Gasteiger charge is -2.02. The molecule has 18 heavy (non-hydrogen) atoms. The van der Waals surface area contributed by atoms with E-state index in [9.17, 15) is 4.79 Å². The predicted molar refractivity (Wildman–Crippen MR) is 70.2 cm³/mol. The third-order valence-electron chi connectivity index (χ3n) is 2.27. The van der Waals surface area contributed by atoms with E-state index in [0.29, 0.717) is 11.3 Å². The zero-order chi connectivity index (χ0) is 12.8. The number of nitrogens with one attached hydrogen (secondary N) is 1. The molecule has 3 N–H and O–H groups in total. The highest BCUT2D eigenvalue weighted by atomic mass is 16.2. The standard InChI is InChI=1S/C13H12N4O/c14-12-6-2-1-5-11(12)13(18)17-16-9-10-4-3-7-15-8-10/h1-9H,14H2,(H,17,18). The Kier molecular flexibility index (Phi) is 3.66. The van der Waals surface area contributed by atoms with Crippen molar-refractivity contribution in [1.29, 1.82) is 0 Å². The van der Waals surface area contributed by atoms with Crippen LogP contribution in [0.15, 0.2) is 53.9 Å². The molecule has 0 saturated heterocycles. The Morgan fingerprint density at radius 2 is 2.11 bits per heavy atom. The van der Waals surface area contributed by atoms with Crippen molar-refractivity contribution in [1.82, 2.24) is 10.4 Å². The van der Waals surface area contributed by atoms with Gasteiger partial charge in [-0.2, -0.15) is 5.10 Å². The summed E-state index contributed by atoms with van der Waals surface area (Å²) >= 11 is 0. The number of benzene rings is 1. The van der Waals surface area contributed by atoms with Crippen LogP contribution in [0, 0.1) is 0 Å². The maximum atomic E-state index is 11.7. The molecule has 0 spiro atoms. The number of nitrogens with zero attached hydrogens (tertiary/aromatic N) is 2. The molecule has 0 radical (unpaired) electrons. The summed E-state index contributed by atoms with van der Waals surface area (Å²) < 4.78 is 0. The summed E-state index contributed by atoms with van der Waals surface area (Å²) in [6, 6.07) is 10.4. The van der Waals surface area contributed by atoms with Crippen LogP contribution in [0.5, 0.6) is 0 Å². The van der Waals surface area contributed by atoms with Gasteiger partial charge in [-0.1, -0.05) is 18.2 Å². The fraction of sp³-hybridized carbons (Fsp3) is 0. The first kappa shape index (κ1) is 11.8. The van der Waals surface area contributed by atoms with Gasteiger partial charge in [0.25, 0.3) is 5.91 Å². The van der Waals surface area contributed by atoms with Gasteiger partial charge in [0.05, 0.1) is 11.8 Å². The Labute approximate surface area is 104 Å². The number of pyridine rings is 1. The topological polar surface area (TPSA) is 80.4 Å². The molecule has 0 bridgehead atoms. The minimum atomic E-state index is -0.340. The Balaban J connectivity index is 2.01. The summed E-state index contributed by atoms with van der Waals surface area (Å²) in [5.74, 6) is -0.340. The maximum absolute atomic E-state index is 11.7. The van der Waals surface area contributed by atoms with E-state index in [4.69, 9.17) is 5.73 Å². The molecule has 1 aromatic carbocycles. The molecule has 0 aliphatic rings. The number of rotatable bonds is 3. The van der Waals surface area contributed by atoms with E-state index in [0.717, 1.165) is 5.56 Å². The summed E-state index contributed by atoms with van der Waals surface area (Å²) in [4.78, 5) is 15.7. The van der Waals surface area contributed by atoms with Gasteiger partial charge in [0.15, 0.2) is 0 Å². The van der Waals surface area contributed by atoms with Crippen molar-refractivity contribution in [2.24, 2.45) is 5.10 Å². The number of aromatic nitrogens is 1. The van der Waals surface area contributed by atoms with Crippen molar-refractivity contribution in [2.75, 3.05) is 5.73 Å². The zero-order valence-electron chi connectivity index (χ0n) is 9.58. The molecule has 5 heteroatoms. The molecule has 0 saturated carbocycles. The quantitative estimate of drug-likeness (QED) is 0.484. The molecule has 2 aromatic rings. The highest BCUT2D eigenvalue weighted by molar-refractivity contribution is 5.99. The fourth-order valence-corrected chi connectivity index (χ4v) is 1.38. The van der Waals surface area contributed by atoms with E-state index in [1.807, 2.05) is 6.07 Å². The number of hydrazone groups is 1. The highest BCUT2D eigenvalue weighted by Gasteiger charge is 2.06. The molecule has 5 nitrogen and oxygen atoms in total. The number of nitrogen functional groups attached to an aromatic ring is 1. The van der Waals surface area contributed by atoms with Crippen molar-refractivity contribution in [2.45, 2.75) is 0 Å². The minimum absolute atomic E-state index is 0.340. The summed E-state index contributed by atoms with van der Waals surface area (Å²) in [6.45, 7) is 0. The van der Waals surface area contributed by atoms with Crippen molar-refractivity contribution in [3.05, 3.63) is 59.9 Å². The predicted octanol–water partition coefficient (Wildman–Crippen LogP) is 1.43. The SMILES string of the molecule is Nc1ccccc1C(=O)NN=Cc1cccnc1. The van der Waals surface area contributed by atoms with Gasteiger partial charge in [0.1, 0.15) is 0 Å². The lowest BCUT2D eigenvalue weighted by molar-refractivity contribution is 0.0956. The van der Waals surface area contributed by atoms with Crippen LogP contribution in [-0.4, -0.2) is 17.1 Å². The van der Waals surface area contributed by atoms with Gasteiger partial charge >= 0.3 is 0 Å². The van der Waals surface area contributed by atoms with Crippen molar-refractivity contribution >= 4 is 17.8 Å². The van der Waals surface area contributed by atoms with Gasteiger partial charge in [0, 0.05) is 23.6 Å². The molecule has 0 atom stereocenters. The largest absolute Gasteiger partial charge is 0.398 e. The van der Waals surface area contributed by atoms with Crippen molar-refractivity contribution in [3.8, 4) is 0 Å². The van der Waals surface area contributed by atoms with E-state index in [-0.39, 0.29) is 5.91 Å². The summed E-state index contributed by atoms with van der Waals surface area (Å²) in [5, 5.41) is 3.84.